The third-order valence-corrected chi connectivity index (χ3v) is 4.32. The maximum Gasteiger partial charge on any atom is 0.252 e. The van der Waals surface area contributed by atoms with Crippen LogP contribution in [0.3, 0.4) is 0 Å². The summed E-state index contributed by atoms with van der Waals surface area (Å²) in [6.45, 7) is 2.56. The van der Waals surface area contributed by atoms with E-state index in [2.05, 4.69) is 32.3 Å². The van der Waals surface area contributed by atoms with Gasteiger partial charge in [0, 0.05) is 28.0 Å². The lowest BCUT2D eigenvalue weighted by atomic mass is 10.1. The molecule has 5 heteroatoms. The molecule has 0 fully saturated rings. The van der Waals surface area contributed by atoms with Gasteiger partial charge in [0.1, 0.15) is 0 Å². The Morgan fingerprint density at radius 1 is 1.17 bits per heavy atom. The van der Waals surface area contributed by atoms with Crippen LogP contribution < -0.4 is 10.9 Å². The number of rotatable bonds is 4. The van der Waals surface area contributed by atoms with Gasteiger partial charge in [0.2, 0.25) is 5.56 Å². The van der Waals surface area contributed by atoms with E-state index in [1.54, 1.807) is 6.07 Å². The number of aryl methyl sites for hydroxylation is 1. The first-order valence-electron chi connectivity index (χ1n) is 7.69. The zero-order valence-corrected chi connectivity index (χ0v) is 14.8. The predicted octanol–water partition coefficient (Wildman–Crippen LogP) is 3.57. The number of amides is 1. The van der Waals surface area contributed by atoms with Crippen molar-refractivity contribution in [2.45, 2.75) is 13.3 Å². The molecule has 0 saturated heterocycles. The minimum atomic E-state index is -0.284. The minimum absolute atomic E-state index is 0.239. The molecule has 3 aromatic rings. The molecular weight excluding hydrogens is 368 g/mol. The highest BCUT2D eigenvalue weighted by Crippen LogP contribution is 2.20. The monoisotopic (exact) mass is 384 g/mol. The Bertz CT molecular complexity index is 963. The summed E-state index contributed by atoms with van der Waals surface area (Å²) < 4.78 is 0.857. The molecule has 0 spiro atoms. The molecule has 1 aromatic heterocycles. The first-order valence-corrected chi connectivity index (χ1v) is 8.48. The van der Waals surface area contributed by atoms with Crippen LogP contribution in [0.25, 0.3) is 10.9 Å². The van der Waals surface area contributed by atoms with E-state index in [-0.39, 0.29) is 11.5 Å². The van der Waals surface area contributed by atoms with Crippen LogP contribution in [0.1, 0.15) is 21.5 Å². The number of fused-ring (bicyclic) bond motifs is 1. The maximum atomic E-state index is 12.5. The van der Waals surface area contributed by atoms with Gasteiger partial charge in [-0.15, -0.1) is 0 Å². The van der Waals surface area contributed by atoms with Gasteiger partial charge in [0.05, 0.1) is 5.56 Å². The van der Waals surface area contributed by atoms with Crippen molar-refractivity contribution in [1.82, 2.24) is 10.3 Å². The Morgan fingerprint density at radius 3 is 2.79 bits per heavy atom. The number of aromatic amines is 1. The molecule has 0 unspecified atom stereocenters. The van der Waals surface area contributed by atoms with Gasteiger partial charge in [-0.2, -0.15) is 0 Å². The lowest BCUT2D eigenvalue weighted by Gasteiger charge is -2.09. The van der Waals surface area contributed by atoms with Gasteiger partial charge in [0.25, 0.3) is 5.91 Å². The molecule has 0 aliphatic carbocycles. The number of hydrogen-bond donors (Lipinski definition) is 2. The molecule has 3 rings (SSSR count). The summed E-state index contributed by atoms with van der Waals surface area (Å²) in [5.41, 5.74) is 3.13. The second-order valence-electron chi connectivity index (χ2n) is 5.73. The summed E-state index contributed by atoms with van der Waals surface area (Å²) in [7, 11) is 0. The van der Waals surface area contributed by atoms with E-state index in [9.17, 15) is 9.59 Å². The molecule has 0 bridgehead atoms. The van der Waals surface area contributed by atoms with E-state index in [1.807, 2.05) is 37.3 Å². The van der Waals surface area contributed by atoms with Crippen molar-refractivity contribution >= 4 is 32.7 Å². The quantitative estimate of drug-likeness (QED) is 0.721. The molecule has 0 aliphatic rings. The zero-order valence-electron chi connectivity index (χ0n) is 13.2. The number of carbonyl (C=O) groups excluding carboxylic acids is 1. The third-order valence-electron chi connectivity index (χ3n) is 3.83. The van der Waals surface area contributed by atoms with Crippen LogP contribution in [0.2, 0.25) is 0 Å². The summed E-state index contributed by atoms with van der Waals surface area (Å²) >= 11 is 3.40. The number of benzene rings is 2. The average Bonchev–Trinajstić information content (AvgIpc) is 2.54. The number of carbonyl (C=O) groups is 1. The third kappa shape index (κ3) is 3.74. The Morgan fingerprint density at radius 2 is 2.00 bits per heavy atom. The summed E-state index contributed by atoms with van der Waals surface area (Å²) in [4.78, 5) is 27.0. The van der Waals surface area contributed by atoms with Crippen molar-refractivity contribution < 1.29 is 4.79 Å². The Labute approximate surface area is 148 Å². The second kappa shape index (κ2) is 7.01. The van der Waals surface area contributed by atoms with Gasteiger partial charge in [-0.05, 0) is 37.1 Å². The van der Waals surface area contributed by atoms with Gasteiger partial charge in [-0.3, -0.25) is 9.59 Å². The van der Waals surface area contributed by atoms with E-state index in [0.717, 1.165) is 16.3 Å². The van der Waals surface area contributed by atoms with Gasteiger partial charge in [-0.25, -0.2) is 0 Å². The summed E-state index contributed by atoms with van der Waals surface area (Å²) in [6, 6.07) is 15.0. The SMILES string of the molecule is Cc1cccc(CCNC(=O)c2cc(=O)[nH]c3ccc(Br)cc23)c1. The van der Waals surface area contributed by atoms with Gasteiger partial charge >= 0.3 is 0 Å². The van der Waals surface area contributed by atoms with Crippen molar-refractivity contribution in [3.05, 3.63) is 80.0 Å². The van der Waals surface area contributed by atoms with Crippen molar-refractivity contribution in [2.24, 2.45) is 0 Å². The number of pyridine rings is 1. The standard InChI is InChI=1S/C19H17BrN2O2/c1-12-3-2-4-13(9-12)7-8-21-19(24)16-11-18(23)22-17-6-5-14(20)10-15(16)17/h2-6,9-11H,7-8H2,1H3,(H,21,24)(H,22,23). The van der Waals surface area contributed by atoms with Crippen molar-refractivity contribution in [1.29, 1.82) is 0 Å². The maximum absolute atomic E-state index is 12.5. The van der Waals surface area contributed by atoms with Crippen LogP contribution in [0, 0.1) is 6.92 Å². The molecule has 1 heterocycles. The van der Waals surface area contributed by atoms with E-state index >= 15 is 0 Å². The molecule has 0 radical (unpaired) electrons. The Kier molecular flexibility index (Phi) is 4.81. The topological polar surface area (TPSA) is 62.0 Å². The number of halogens is 1. The Hall–Kier alpha value is -2.40. The smallest absolute Gasteiger partial charge is 0.252 e. The lowest BCUT2D eigenvalue weighted by Crippen LogP contribution is -2.27. The van der Waals surface area contributed by atoms with Gasteiger partial charge in [-0.1, -0.05) is 45.8 Å². The van der Waals surface area contributed by atoms with Crippen LogP contribution in [-0.4, -0.2) is 17.4 Å². The molecule has 1 amide bonds. The van der Waals surface area contributed by atoms with Crippen LogP contribution in [0.4, 0.5) is 0 Å². The number of aromatic nitrogens is 1. The summed E-state index contributed by atoms with van der Waals surface area (Å²) in [5, 5.41) is 3.62. The average molecular weight is 385 g/mol. The minimum Gasteiger partial charge on any atom is -0.352 e. The predicted molar refractivity (Wildman–Crippen MR) is 99.5 cm³/mol. The highest BCUT2D eigenvalue weighted by atomic mass is 79.9. The molecular formula is C19H17BrN2O2. The zero-order chi connectivity index (χ0) is 17.1. The highest BCUT2D eigenvalue weighted by molar-refractivity contribution is 9.10. The summed E-state index contributed by atoms with van der Waals surface area (Å²) in [6.07, 6.45) is 0.748. The first-order chi connectivity index (χ1) is 11.5. The molecule has 2 N–H and O–H groups in total. The normalized spacial score (nSPS) is 10.8. The first kappa shape index (κ1) is 16.5. The van der Waals surface area contributed by atoms with E-state index in [4.69, 9.17) is 0 Å². The van der Waals surface area contributed by atoms with E-state index < -0.39 is 0 Å². The lowest BCUT2D eigenvalue weighted by molar-refractivity contribution is 0.0955. The fourth-order valence-corrected chi connectivity index (χ4v) is 3.06. The van der Waals surface area contributed by atoms with Crippen LogP contribution in [0.15, 0.2) is 57.8 Å². The fourth-order valence-electron chi connectivity index (χ4n) is 2.70. The molecule has 122 valence electrons. The van der Waals surface area contributed by atoms with Crippen molar-refractivity contribution in [2.75, 3.05) is 6.54 Å². The molecule has 4 nitrogen and oxygen atoms in total. The largest absolute Gasteiger partial charge is 0.352 e. The molecule has 24 heavy (non-hydrogen) atoms. The summed E-state index contributed by atoms with van der Waals surface area (Å²) in [5.74, 6) is -0.239. The Balaban J connectivity index is 1.78. The molecule has 0 saturated carbocycles. The number of nitrogens with one attached hydrogen (secondary N) is 2. The second-order valence-corrected chi connectivity index (χ2v) is 6.65. The van der Waals surface area contributed by atoms with Crippen LogP contribution in [0.5, 0.6) is 0 Å². The molecule has 2 aromatic carbocycles. The van der Waals surface area contributed by atoms with Gasteiger partial charge in [0.15, 0.2) is 0 Å². The van der Waals surface area contributed by atoms with Gasteiger partial charge < -0.3 is 10.3 Å². The fraction of sp³-hybridized carbons (Fsp3) is 0.158. The van der Waals surface area contributed by atoms with Crippen LogP contribution >= 0.6 is 15.9 Å². The van der Waals surface area contributed by atoms with Crippen LogP contribution in [-0.2, 0) is 6.42 Å². The molecule has 0 atom stereocenters. The highest BCUT2D eigenvalue weighted by Gasteiger charge is 2.12. The molecule has 0 aliphatic heterocycles. The number of hydrogen-bond acceptors (Lipinski definition) is 2. The van der Waals surface area contributed by atoms with Crippen molar-refractivity contribution in [3.8, 4) is 0 Å². The van der Waals surface area contributed by atoms with E-state index in [1.165, 1.54) is 17.2 Å². The number of H-pyrrole nitrogens is 1. The van der Waals surface area contributed by atoms with E-state index in [0.29, 0.717) is 17.6 Å². The van der Waals surface area contributed by atoms with Crippen molar-refractivity contribution in [3.63, 3.8) is 0 Å².